The molecule has 172 valence electrons. The lowest BCUT2D eigenvalue weighted by atomic mass is 10.2. The number of nitrogens with zero attached hydrogens (tertiary/aromatic N) is 2. The van der Waals surface area contributed by atoms with E-state index in [1.165, 1.54) is 49.6 Å². The average Bonchev–Trinajstić information content (AvgIpc) is 2.78. The number of methoxy groups -OCH3 is 1. The summed E-state index contributed by atoms with van der Waals surface area (Å²) >= 11 is 12.2. The fraction of sp³-hybridized carbons (Fsp3) is 0.0952. The van der Waals surface area contributed by atoms with Gasteiger partial charge in [-0.3, -0.25) is 19.2 Å². The number of sulfonamides is 1. The van der Waals surface area contributed by atoms with Gasteiger partial charge in [0.05, 0.1) is 33.3 Å². The molecule has 0 atom stereocenters. The van der Waals surface area contributed by atoms with E-state index in [0.717, 1.165) is 10.4 Å². The van der Waals surface area contributed by atoms with Crippen LogP contribution in [0.4, 0.5) is 17.1 Å². The lowest BCUT2D eigenvalue weighted by Crippen LogP contribution is -2.38. The first-order chi connectivity index (χ1) is 15.6. The highest BCUT2D eigenvalue weighted by Gasteiger charge is 2.29. The van der Waals surface area contributed by atoms with Crippen LogP contribution in [0.15, 0.2) is 71.6 Å². The van der Waals surface area contributed by atoms with Crippen molar-refractivity contribution >= 4 is 56.2 Å². The molecule has 0 fully saturated rings. The molecule has 0 saturated carbocycles. The van der Waals surface area contributed by atoms with Gasteiger partial charge in [0.25, 0.3) is 15.7 Å². The summed E-state index contributed by atoms with van der Waals surface area (Å²) in [4.78, 5) is 23.3. The molecule has 12 heteroatoms. The van der Waals surface area contributed by atoms with Crippen LogP contribution in [0.25, 0.3) is 0 Å². The third-order valence-corrected chi connectivity index (χ3v) is 6.78. The Kier molecular flexibility index (Phi) is 7.42. The van der Waals surface area contributed by atoms with Gasteiger partial charge in [0.2, 0.25) is 5.91 Å². The Hall–Kier alpha value is -3.34. The number of ether oxygens (including phenoxy) is 1. The van der Waals surface area contributed by atoms with Crippen molar-refractivity contribution in [2.24, 2.45) is 0 Å². The van der Waals surface area contributed by atoms with Crippen molar-refractivity contribution in [3.8, 4) is 5.75 Å². The summed E-state index contributed by atoms with van der Waals surface area (Å²) in [5, 5.41) is 13.9. The zero-order chi connectivity index (χ0) is 24.2. The predicted molar refractivity (Wildman–Crippen MR) is 126 cm³/mol. The molecule has 0 saturated heterocycles. The summed E-state index contributed by atoms with van der Waals surface area (Å²) in [6, 6.07) is 15.3. The van der Waals surface area contributed by atoms with Crippen molar-refractivity contribution in [2.75, 3.05) is 23.3 Å². The van der Waals surface area contributed by atoms with Crippen molar-refractivity contribution in [2.45, 2.75) is 4.90 Å². The molecule has 0 unspecified atom stereocenters. The molecule has 0 bridgehead atoms. The monoisotopic (exact) mass is 509 g/mol. The van der Waals surface area contributed by atoms with Crippen molar-refractivity contribution in [3.05, 3.63) is 86.9 Å². The maximum absolute atomic E-state index is 13.4. The van der Waals surface area contributed by atoms with Crippen LogP contribution >= 0.6 is 23.2 Å². The second-order valence-corrected chi connectivity index (χ2v) is 9.32. The Morgan fingerprint density at radius 1 is 1.09 bits per heavy atom. The number of nitro benzene ring substituents is 1. The largest absolute Gasteiger partial charge is 0.495 e. The van der Waals surface area contributed by atoms with Crippen LogP contribution in [0.5, 0.6) is 5.75 Å². The molecule has 3 aromatic rings. The molecular weight excluding hydrogens is 493 g/mol. The quantitative estimate of drug-likeness (QED) is 0.345. The average molecular weight is 510 g/mol. The van der Waals surface area contributed by atoms with Gasteiger partial charge in [-0.1, -0.05) is 41.4 Å². The molecule has 9 nitrogen and oxygen atoms in total. The number of nitro groups is 1. The van der Waals surface area contributed by atoms with Gasteiger partial charge in [0.15, 0.2) is 0 Å². The predicted octanol–water partition coefficient (Wildman–Crippen LogP) is 4.74. The number of hydrogen-bond donors (Lipinski definition) is 1. The van der Waals surface area contributed by atoms with Crippen molar-refractivity contribution in [3.63, 3.8) is 0 Å². The van der Waals surface area contributed by atoms with Crippen LogP contribution < -0.4 is 14.4 Å². The Labute approximate surface area is 199 Å². The molecule has 1 N–H and O–H groups in total. The second-order valence-electron chi connectivity index (χ2n) is 6.61. The normalized spacial score (nSPS) is 11.0. The Morgan fingerprint density at radius 2 is 1.79 bits per heavy atom. The number of anilines is 2. The van der Waals surface area contributed by atoms with E-state index in [-0.39, 0.29) is 37.8 Å². The zero-order valence-electron chi connectivity index (χ0n) is 17.1. The number of non-ortho nitro benzene ring substituents is 1. The van der Waals surface area contributed by atoms with E-state index in [4.69, 9.17) is 27.9 Å². The first-order valence-corrected chi connectivity index (χ1v) is 11.5. The number of carbonyl (C=O) groups excluding carboxylic acids is 1. The number of nitrogens with one attached hydrogen (secondary N) is 1. The summed E-state index contributed by atoms with van der Waals surface area (Å²) in [5.41, 5.74) is -0.234. The molecule has 0 aliphatic heterocycles. The van der Waals surface area contributed by atoms with E-state index >= 15 is 0 Å². The van der Waals surface area contributed by atoms with Gasteiger partial charge >= 0.3 is 0 Å². The third kappa shape index (κ3) is 5.54. The smallest absolute Gasteiger partial charge is 0.271 e. The fourth-order valence-electron chi connectivity index (χ4n) is 2.93. The third-order valence-electron chi connectivity index (χ3n) is 4.46. The number of amides is 1. The maximum Gasteiger partial charge on any atom is 0.271 e. The van der Waals surface area contributed by atoms with Crippen molar-refractivity contribution < 1.29 is 22.9 Å². The summed E-state index contributed by atoms with van der Waals surface area (Å²) < 4.78 is 32.7. The molecule has 0 aromatic heterocycles. The number of halogens is 2. The molecule has 0 radical (unpaired) electrons. The molecule has 33 heavy (non-hydrogen) atoms. The van der Waals surface area contributed by atoms with E-state index < -0.39 is 27.4 Å². The van der Waals surface area contributed by atoms with Gasteiger partial charge in [-0.25, -0.2) is 8.42 Å². The second kappa shape index (κ2) is 10.1. The zero-order valence-corrected chi connectivity index (χ0v) is 19.4. The molecule has 3 rings (SSSR count). The van der Waals surface area contributed by atoms with Crippen LogP contribution in [-0.4, -0.2) is 32.9 Å². The summed E-state index contributed by atoms with van der Waals surface area (Å²) in [6.45, 7) is -0.676. The Morgan fingerprint density at radius 3 is 2.39 bits per heavy atom. The Bertz CT molecular complexity index is 1300. The lowest BCUT2D eigenvalue weighted by molar-refractivity contribution is -0.384. The number of carbonyl (C=O) groups is 1. The minimum absolute atomic E-state index is 0.0102. The van der Waals surface area contributed by atoms with Crippen LogP contribution in [0, 0.1) is 10.1 Å². The minimum atomic E-state index is -4.21. The van der Waals surface area contributed by atoms with E-state index in [0.29, 0.717) is 0 Å². The van der Waals surface area contributed by atoms with Crippen molar-refractivity contribution in [1.29, 1.82) is 0 Å². The van der Waals surface area contributed by atoms with E-state index in [1.807, 2.05) is 0 Å². The molecule has 0 aliphatic carbocycles. The van der Waals surface area contributed by atoms with Gasteiger partial charge in [0.1, 0.15) is 12.3 Å². The molecule has 0 spiro atoms. The van der Waals surface area contributed by atoms with Gasteiger partial charge in [0, 0.05) is 17.2 Å². The Balaban J connectivity index is 2.00. The molecule has 3 aromatic carbocycles. The number of benzene rings is 3. The molecule has 0 aliphatic rings. The van der Waals surface area contributed by atoms with Gasteiger partial charge in [-0.2, -0.15) is 0 Å². The van der Waals surface area contributed by atoms with Crippen LogP contribution in [0.2, 0.25) is 10.0 Å². The number of rotatable bonds is 8. The first kappa shape index (κ1) is 24.3. The van der Waals surface area contributed by atoms with Gasteiger partial charge < -0.3 is 10.1 Å². The fourth-order valence-corrected chi connectivity index (χ4v) is 4.95. The summed E-state index contributed by atoms with van der Waals surface area (Å²) in [7, 11) is -2.88. The van der Waals surface area contributed by atoms with E-state index in [9.17, 15) is 23.3 Å². The van der Waals surface area contributed by atoms with Crippen LogP contribution in [0.1, 0.15) is 0 Å². The molecule has 0 heterocycles. The molecule has 1 amide bonds. The summed E-state index contributed by atoms with van der Waals surface area (Å²) in [6.07, 6.45) is 0. The SMILES string of the molecule is COc1ccc([N+](=O)[O-])cc1NC(=O)CN(c1ccc(Cl)cc1Cl)S(=O)(=O)c1ccccc1. The van der Waals surface area contributed by atoms with E-state index in [2.05, 4.69) is 5.32 Å². The van der Waals surface area contributed by atoms with Crippen molar-refractivity contribution in [1.82, 2.24) is 0 Å². The van der Waals surface area contributed by atoms with Crippen LogP contribution in [-0.2, 0) is 14.8 Å². The summed E-state index contributed by atoms with van der Waals surface area (Å²) in [5.74, 6) is -0.615. The first-order valence-electron chi connectivity index (χ1n) is 9.28. The topological polar surface area (TPSA) is 119 Å². The highest BCUT2D eigenvalue weighted by molar-refractivity contribution is 7.92. The minimum Gasteiger partial charge on any atom is -0.495 e. The molecular formula is C21H17Cl2N3O6S. The highest BCUT2D eigenvalue weighted by Crippen LogP contribution is 2.33. The lowest BCUT2D eigenvalue weighted by Gasteiger charge is -2.25. The maximum atomic E-state index is 13.4. The van der Waals surface area contributed by atoms with Crippen LogP contribution in [0.3, 0.4) is 0 Å². The van der Waals surface area contributed by atoms with E-state index in [1.54, 1.807) is 18.2 Å². The van der Waals surface area contributed by atoms with Gasteiger partial charge in [-0.15, -0.1) is 0 Å². The standard InChI is InChI=1S/C21H17Cl2N3O6S/c1-32-20-10-8-15(26(28)29)12-18(20)24-21(27)13-25(19-9-7-14(22)11-17(19)23)33(30,31)16-5-3-2-4-6-16/h2-12H,13H2,1H3,(H,24,27). The highest BCUT2D eigenvalue weighted by atomic mass is 35.5. The number of hydrogen-bond acceptors (Lipinski definition) is 6. The van der Waals surface area contributed by atoms with Gasteiger partial charge in [-0.05, 0) is 36.4 Å².